The van der Waals surface area contributed by atoms with Crippen LogP contribution < -0.4 is 4.74 Å². The van der Waals surface area contributed by atoms with E-state index in [1.165, 1.54) is 0 Å². The second kappa shape index (κ2) is 6.00. The molecule has 0 aromatic heterocycles. The standard InChI is InChI=1S/C15H17N3O/c1-12-8-4-6-10-14(12)19-15-11-7-5-9-13(15)16-17-18(2)3/h4-11H,1-3H3. The maximum absolute atomic E-state index is 5.90. The zero-order chi connectivity index (χ0) is 13.7. The van der Waals surface area contributed by atoms with E-state index in [-0.39, 0.29) is 0 Å². The van der Waals surface area contributed by atoms with E-state index in [1.54, 1.807) is 5.01 Å². The van der Waals surface area contributed by atoms with Gasteiger partial charge in [-0.05, 0) is 30.7 Å². The van der Waals surface area contributed by atoms with Gasteiger partial charge in [0.25, 0.3) is 0 Å². The molecule has 19 heavy (non-hydrogen) atoms. The van der Waals surface area contributed by atoms with Gasteiger partial charge in [0.15, 0.2) is 5.75 Å². The number of hydrogen-bond acceptors (Lipinski definition) is 3. The molecule has 0 saturated carbocycles. The Morgan fingerprint density at radius 3 is 2.21 bits per heavy atom. The molecule has 0 bridgehead atoms. The second-order valence-corrected chi connectivity index (χ2v) is 4.37. The van der Waals surface area contributed by atoms with Gasteiger partial charge in [-0.3, -0.25) is 5.01 Å². The Morgan fingerprint density at radius 2 is 1.53 bits per heavy atom. The smallest absolute Gasteiger partial charge is 0.155 e. The van der Waals surface area contributed by atoms with Crippen molar-refractivity contribution < 1.29 is 4.74 Å². The molecule has 0 atom stereocenters. The molecular weight excluding hydrogens is 238 g/mol. The molecular formula is C15H17N3O. The first-order valence-corrected chi connectivity index (χ1v) is 6.08. The highest BCUT2D eigenvalue weighted by molar-refractivity contribution is 5.53. The Balaban J connectivity index is 2.28. The van der Waals surface area contributed by atoms with E-state index in [0.717, 1.165) is 11.3 Å². The Hall–Kier alpha value is -2.36. The lowest BCUT2D eigenvalue weighted by atomic mass is 10.2. The monoisotopic (exact) mass is 255 g/mol. The van der Waals surface area contributed by atoms with Crippen LogP contribution in [0.4, 0.5) is 5.69 Å². The van der Waals surface area contributed by atoms with E-state index >= 15 is 0 Å². The fourth-order valence-corrected chi connectivity index (χ4v) is 1.55. The van der Waals surface area contributed by atoms with Crippen molar-refractivity contribution in [2.45, 2.75) is 6.92 Å². The quantitative estimate of drug-likeness (QED) is 0.601. The summed E-state index contributed by atoms with van der Waals surface area (Å²) in [6.07, 6.45) is 0. The van der Waals surface area contributed by atoms with Crippen LogP contribution in [0.5, 0.6) is 11.5 Å². The normalized spacial score (nSPS) is 10.7. The summed E-state index contributed by atoms with van der Waals surface area (Å²) in [5, 5.41) is 9.80. The third-order valence-corrected chi connectivity index (χ3v) is 2.51. The minimum atomic E-state index is 0.697. The van der Waals surface area contributed by atoms with Crippen molar-refractivity contribution >= 4 is 5.69 Å². The van der Waals surface area contributed by atoms with E-state index < -0.39 is 0 Å². The number of para-hydroxylation sites is 2. The lowest BCUT2D eigenvalue weighted by Crippen LogP contribution is -1.99. The third-order valence-electron chi connectivity index (χ3n) is 2.51. The number of nitrogens with zero attached hydrogens (tertiary/aromatic N) is 3. The number of rotatable bonds is 4. The molecule has 0 aliphatic heterocycles. The van der Waals surface area contributed by atoms with Gasteiger partial charge in [0.1, 0.15) is 11.4 Å². The van der Waals surface area contributed by atoms with Gasteiger partial charge in [-0.15, -0.1) is 5.11 Å². The molecule has 2 rings (SSSR count). The molecule has 0 spiro atoms. The summed E-state index contributed by atoms with van der Waals surface area (Å²) < 4.78 is 5.90. The van der Waals surface area contributed by atoms with E-state index in [2.05, 4.69) is 10.3 Å². The maximum Gasteiger partial charge on any atom is 0.155 e. The molecule has 98 valence electrons. The van der Waals surface area contributed by atoms with Gasteiger partial charge in [-0.25, -0.2) is 0 Å². The molecule has 0 unspecified atom stereocenters. The molecule has 0 fully saturated rings. The molecule has 0 amide bonds. The van der Waals surface area contributed by atoms with E-state index in [1.807, 2.05) is 69.6 Å². The molecule has 0 N–H and O–H groups in total. The summed E-state index contributed by atoms with van der Waals surface area (Å²) in [5.41, 5.74) is 1.79. The molecule has 2 aromatic rings. The van der Waals surface area contributed by atoms with Crippen molar-refractivity contribution in [2.24, 2.45) is 10.3 Å². The Labute approximate surface area is 113 Å². The molecule has 0 heterocycles. The lowest BCUT2D eigenvalue weighted by Gasteiger charge is -2.10. The maximum atomic E-state index is 5.90. The molecule has 4 nitrogen and oxygen atoms in total. The first-order chi connectivity index (χ1) is 9.16. The van der Waals surface area contributed by atoms with E-state index in [4.69, 9.17) is 4.74 Å². The van der Waals surface area contributed by atoms with Crippen molar-refractivity contribution in [3.05, 3.63) is 54.1 Å². The topological polar surface area (TPSA) is 37.2 Å². The van der Waals surface area contributed by atoms with Crippen molar-refractivity contribution in [1.82, 2.24) is 5.01 Å². The van der Waals surface area contributed by atoms with Crippen molar-refractivity contribution in [2.75, 3.05) is 14.1 Å². The van der Waals surface area contributed by atoms with Crippen molar-refractivity contribution in [1.29, 1.82) is 0 Å². The van der Waals surface area contributed by atoms with Crippen LogP contribution >= 0.6 is 0 Å². The zero-order valence-corrected chi connectivity index (χ0v) is 11.4. The molecule has 0 radical (unpaired) electrons. The van der Waals surface area contributed by atoms with Gasteiger partial charge in [-0.1, -0.05) is 35.6 Å². The van der Waals surface area contributed by atoms with E-state index in [9.17, 15) is 0 Å². The molecule has 2 aromatic carbocycles. The zero-order valence-electron chi connectivity index (χ0n) is 11.4. The minimum Gasteiger partial charge on any atom is -0.455 e. The van der Waals surface area contributed by atoms with Crippen LogP contribution in [-0.4, -0.2) is 19.1 Å². The SMILES string of the molecule is Cc1ccccc1Oc1ccccc1N=NN(C)C. The van der Waals surface area contributed by atoms with Gasteiger partial charge in [-0.2, -0.15) is 0 Å². The predicted octanol–water partition coefficient (Wildman–Crippen LogP) is 4.35. The lowest BCUT2D eigenvalue weighted by molar-refractivity contribution is 0.406. The summed E-state index contributed by atoms with van der Waals surface area (Å²) in [5.74, 6) is 1.53. The highest BCUT2D eigenvalue weighted by Crippen LogP contribution is 2.32. The first-order valence-electron chi connectivity index (χ1n) is 6.08. The number of ether oxygens (including phenoxy) is 1. The van der Waals surface area contributed by atoms with Crippen LogP contribution in [0.3, 0.4) is 0 Å². The van der Waals surface area contributed by atoms with Gasteiger partial charge in [0, 0.05) is 14.1 Å². The number of aryl methyl sites for hydroxylation is 1. The van der Waals surface area contributed by atoms with Gasteiger partial charge >= 0.3 is 0 Å². The average molecular weight is 255 g/mol. The summed E-state index contributed by atoms with van der Waals surface area (Å²) in [6.45, 7) is 2.01. The third kappa shape index (κ3) is 3.55. The van der Waals surface area contributed by atoms with Crippen LogP contribution in [-0.2, 0) is 0 Å². The number of hydrogen-bond donors (Lipinski definition) is 0. The van der Waals surface area contributed by atoms with Gasteiger partial charge in [0.05, 0.1) is 0 Å². The van der Waals surface area contributed by atoms with Gasteiger partial charge < -0.3 is 4.74 Å². The van der Waals surface area contributed by atoms with Crippen molar-refractivity contribution in [3.63, 3.8) is 0 Å². The van der Waals surface area contributed by atoms with E-state index in [0.29, 0.717) is 11.4 Å². The summed E-state index contributed by atoms with van der Waals surface area (Å²) in [7, 11) is 3.66. The van der Waals surface area contributed by atoms with Crippen LogP contribution in [0.2, 0.25) is 0 Å². The Morgan fingerprint density at radius 1 is 0.895 bits per heavy atom. The largest absolute Gasteiger partial charge is 0.455 e. The highest BCUT2D eigenvalue weighted by atomic mass is 16.5. The molecule has 0 aliphatic carbocycles. The average Bonchev–Trinajstić information content (AvgIpc) is 2.40. The van der Waals surface area contributed by atoms with Crippen LogP contribution in [0.15, 0.2) is 58.9 Å². The minimum absolute atomic E-state index is 0.697. The fourth-order valence-electron chi connectivity index (χ4n) is 1.55. The first kappa shape index (κ1) is 13.1. The highest BCUT2D eigenvalue weighted by Gasteiger charge is 2.05. The Bertz CT molecular complexity index is 579. The Kier molecular flexibility index (Phi) is 4.13. The van der Waals surface area contributed by atoms with Crippen LogP contribution in [0, 0.1) is 6.92 Å². The number of benzene rings is 2. The molecule has 4 heteroatoms. The molecule has 0 saturated heterocycles. The summed E-state index contributed by atoms with van der Waals surface area (Å²) in [4.78, 5) is 0. The van der Waals surface area contributed by atoms with Gasteiger partial charge in [0.2, 0.25) is 0 Å². The van der Waals surface area contributed by atoms with Crippen LogP contribution in [0.25, 0.3) is 0 Å². The summed E-state index contributed by atoms with van der Waals surface area (Å²) in [6, 6.07) is 15.5. The summed E-state index contributed by atoms with van der Waals surface area (Å²) >= 11 is 0. The second-order valence-electron chi connectivity index (χ2n) is 4.37. The van der Waals surface area contributed by atoms with Crippen LogP contribution in [0.1, 0.15) is 5.56 Å². The van der Waals surface area contributed by atoms with Crippen molar-refractivity contribution in [3.8, 4) is 11.5 Å². The predicted molar refractivity (Wildman–Crippen MR) is 75.9 cm³/mol. The molecule has 0 aliphatic rings. The fraction of sp³-hybridized carbons (Fsp3) is 0.200.